The van der Waals surface area contributed by atoms with Crippen molar-refractivity contribution < 1.29 is 0 Å². The smallest absolute Gasteiger partial charge is 0.111 e. The molecule has 3 rings (SSSR count). The van der Waals surface area contributed by atoms with Crippen molar-refractivity contribution in [1.82, 2.24) is 9.97 Å². The molecule has 1 aromatic heterocycles. The van der Waals surface area contributed by atoms with E-state index in [0.717, 1.165) is 32.8 Å². The second-order valence-electron chi connectivity index (χ2n) is 5.20. The predicted molar refractivity (Wildman–Crippen MR) is 101 cm³/mol. The van der Waals surface area contributed by atoms with Crippen molar-refractivity contribution in [3.8, 4) is 11.3 Å². The van der Waals surface area contributed by atoms with Crippen LogP contribution in [-0.4, -0.2) is 9.97 Å². The van der Waals surface area contributed by atoms with Crippen LogP contribution in [0.1, 0.15) is 17.1 Å². The minimum Gasteiger partial charge on any atom is -0.345 e. The summed E-state index contributed by atoms with van der Waals surface area (Å²) in [4.78, 5) is 7.99. The highest BCUT2D eigenvalue weighted by atomic mass is 79.9. The first-order chi connectivity index (χ1) is 10.9. The summed E-state index contributed by atoms with van der Waals surface area (Å²) in [7, 11) is 0. The number of hydrogen-bond acceptors (Lipinski definition) is 1. The second kappa shape index (κ2) is 6.86. The molecule has 0 aliphatic heterocycles. The number of halogens is 4. The third-order valence-corrected chi connectivity index (χ3v) is 5.08. The summed E-state index contributed by atoms with van der Waals surface area (Å²) in [6, 6.07) is 11.3. The van der Waals surface area contributed by atoms with Gasteiger partial charge in [-0.05, 0) is 36.8 Å². The van der Waals surface area contributed by atoms with Gasteiger partial charge in [0.05, 0.1) is 15.7 Å². The Balaban J connectivity index is 1.93. The lowest BCUT2D eigenvalue weighted by molar-refractivity contribution is 1.02. The van der Waals surface area contributed by atoms with E-state index in [2.05, 4.69) is 25.9 Å². The first kappa shape index (κ1) is 16.8. The average molecular weight is 431 g/mol. The number of nitrogens with zero attached hydrogens (tertiary/aromatic N) is 1. The molecule has 3 aromatic rings. The summed E-state index contributed by atoms with van der Waals surface area (Å²) in [6.07, 6.45) is 0.633. The average Bonchev–Trinajstić information content (AvgIpc) is 2.86. The van der Waals surface area contributed by atoms with Crippen LogP contribution >= 0.6 is 50.7 Å². The largest absolute Gasteiger partial charge is 0.345 e. The quantitative estimate of drug-likeness (QED) is 0.492. The Morgan fingerprint density at radius 3 is 2.48 bits per heavy atom. The number of imidazole rings is 1. The SMILES string of the molecule is Cc1[nH]c(Cc2ccc(Br)cc2Cl)nc1-c1ccc(Cl)c(Cl)c1. The van der Waals surface area contributed by atoms with Gasteiger partial charge in [0.1, 0.15) is 5.82 Å². The topological polar surface area (TPSA) is 28.7 Å². The number of H-pyrrole nitrogens is 1. The number of aromatic amines is 1. The standard InChI is InChI=1S/C17H12BrCl3N2/c1-9-17(11-3-5-13(19)15(21)6-11)23-16(22-9)7-10-2-4-12(18)8-14(10)20/h2-6,8H,7H2,1H3,(H,22,23). The summed E-state index contributed by atoms with van der Waals surface area (Å²) >= 11 is 21.8. The van der Waals surface area contributed by atoms with Crippen molar-refractivity contribution in [3.05, 3.63) is 73.0 Å². The van der Waals surface area contributed by atoms with Crippen LogP contribution in [0.2, 0.25) is 15.1 Å². The van der Waals surface area contributed by atoms with E-state index in [1.54, 1.807) is 6.07 Å². The van der Waals surface area contributed by atoms with E-state index in [1.165, 1.54) is 0 Å². The van der Waals surface area contributed by atoms with Crippen LogP contribution in [-0.2, 0) is 6.42 Å². The molecule has 0 saturated carbocycles. The highest BCUT2D eigenvalue weighted by molar-refractivity contribution is 9.10. The normalized spacial score (nSPS) is 11.0. The van der Waals surface area contributed by atoms with Gasteiger partial charge in [-0.25, -0.2) is 4.98 Å². The first-order valence-electron chi connectivity index (χ1n) is 6.89. The zero-order valence-corrected chi connectivity index (χ0v) is 16.0. The lowest BCUT2D eigenvalue weighted by Crippen LogP contribution is -1.92. The molecule has 0 fully saturated rings. The number of rotatable bonds is 3. The minimum absolute atomic E-state index is 0.518. The molecule has 1 heterocycles. The van der Waals surface area contributed by atoms with E-state index >= 15 is 0 Å². The fraction of sp³-hybridized carbons (Fsp3) is 0.118. The van der Waals surface area contributed by atoms with Crippen LogP contribution in [0.25, 0.3) is 11.3 Å². The van der Waals surface area contributed by atoms with E-state index in [0.29, 0.717) is 21.5 Å². The highest BCUT2D eigenvalue weighted by Gasteiger charge is 2.12. The summed E-state index contributed by atoms with van der Waals surface area (Å²) in [5.74, 6) is 0.854. The van der Waals surface area contributed by atoms with Gasteiger partial charge < -0.3 is 4.98 Å². The number of aryl methyl sites for hydroxylation is 1. The molecular formula is C17H12BrCl3N2. The lowest BCUT2D eigenvalue weighted by atomic mass is 10.1. The molecule has 118 valence electrons. The van der Waals surface area contributed by atoms with Gasteiger partial charge in [0, 0.05) is 27.2 Å². The van der Waals surface area contributed by atoms with E-state index in [1.807, 2.05) is 37.3 Å². The molecule has 2 aromatic carbocycles. The van der Waals surface area contributed by atoms with Crippen LogP contribution in [0.15, 0.2) is 40.9 Å². The monoisotopic (exact) mass is 428 g/mol. The molecule has 0 atom stereocenters. The van der Waals surface area contributed by atoms with Crippen LogP contribution in [0, 0.1) is 6.92 Å². The van der Waals surface area contributed by atoms with Gasteiger partial charge in [0.25, 0.3) is 0 Å². The Hall–Kier alpha value is -1.000. The first-order valence-corrected chi connectivity index (χ1v) is 8.81. The fourth-order valence-electron chi connectivity index (χ4n) is 2.38. The Bertz CT molecular complexity index is 874. The van der Waals surface area contributed by atoms with Crippen molar-refractivity contribution in [1.29, 1.82) is 0 Å². The van der Waals surface area contributed by atoms with Crippen LogP contribution < -0.4 is 0 Å². The lowest BCUT2D eigenvalue weighted by Gasteiger charge is -2.02. The fourth-order valence-corrected chi connectivity index (χ4v) is 3.41. The van der Waals surface area contributed by atoms with E-state index in [9.17, 15) is 0 Å². The van der Waals surface area contributed by atoms with Crippen molar-refractivity contribution in [2.24, 2.45) is 0 Å². The zero-order valence-electron chi connectivity index (χ0n) is 12.1. The number of nitrogens with one attached hydrogen (secondary N) is 1. The van der Waals surface area contributed by atoms with E-state index in [4.69, 9.17) is 34.8 Å². The molecular weight excluding hydrogens is 418 g/mol. The van der Waals surface area contributed by atoms with Crippen LogP contribution in [0.4, 0.5) is 0 Å². The molecule has 0 spiro atoms. The summed E-state index contributed by atoms with van der Waals surface area (Å²) in [5, 5.41) is 1.76. The Kier molecular flexibility index (Phi) is 5.02. The molecule has 0 aliphatic rings. The molecule has 0 saturated heterocycles. The van der Waals surface area contributed by atoms with Gasteiger partial charge in [-0.3, -0.25) is 0 Å². The van der Waals surface area contributed by atoms with Crippen molar-refractivity contribution in [2.45, 2.75) is 13.3 Å². The van der Waals surface area contributed by atoms with Gasteiger partial charge in [0.15, 0.2) is 0 Å². The summed E-state index contributed by atoms with van der Waals surface area (Å²) in [5.41, 5.74) is 3.80. The molecule has 1 N–H and O–H groups in total. The third kappa shape index (κ3) is 3.74. The van der Waals surface area contributed by atoms with Crippen molar-refractivity contribution in [2.75, 3.05) is 0 Å². The Morgan fingerprint density at radius 2 is 1.78 bits per heavy atom. The van der Waals surface area contributed by atoms with Crippen LogP contribution in [0.3, 0.4) is 0 Å². The Morgan fingerprint density at radius 1 is 1.00 bits per heavy atom. The number of aromatic nitrogens is 2. The third-order valence-electron chi connectivity index (χ3n) is 3.50. The number of hydrogen-bond donors (Lipinski definition) is 1. The predicted octanol–water partition coefficient (Wildman–Crippen LogP) is 6.70. The summed E-state index contributed by atoms with van der Waals surface area (Å²) in [6.45, 7) is 1.98. The molecule has 2 nitrogen and oxygen atoms in total. The molecule has 0 bridgehead atoms. The second-order valence-corrected chi connectivity index (χ2v) is 7.34. The maximum atomic E-state index is 6.28. The van der Waals surface area contributed by atoms with Gasteiger partial charge >= 0.3 is 0 Å². The minimum atomic E-state index is 0.518. The van der Waals surface area contributed by atoms with Gasteiger partial charge in [-0.15, -0.1) is 0 Å². The van der Waals surface area contributed by atoms with Gasteiger partial charge in [0.2, 0.25) is 0 Å². The van der Waals surface area contributed by atoms with Crippen LogP contribution in [0.5, 0.6) is 0 Å². The summed E-state index contributed by atoms with van der Waals surface area (Å²) < 4.78 is 0.957. The zero-order chi connectivity index (χ0) is 16.6. The van der Waals surface area contributed by atoms with Crippen molar-refractivity contribution >= 4 is 50.7 Å². The molecule has 0 unspecified atom stereocenters. The molecule has 0 amide bonds. The molecule has 23 heavy (non-hydrogen) atoms. The molecule has 6 heteroatoms. The van der Waals surface area contributed by atoms with E-state index < -0.39 is 0 Å². The van der Waals surface area contributed by atoms with Crippen molar-refractivity contribution in [3.63, 3.8) is 0 Å². The maximum Gasteiger partial charge on any atom is 0.111 e. The van der Waals surface area contributed by atoms with Gasteiger partial charge in [-0.1, -0.05) is 62.9 Å². The van der Waals surface area contributed by atoms with Gasteiger partial charge in [-0.2, -0.15) is 0 Å². The van der Waals surface area contributed by atoms with E-state index in [-0.39, 0.29) is 0 Å². The molecule has 0 radical (unpaired) electrons. The molecule has 0 aliphatic carbocycles. The maximum absolute atomic E-state index is 6.28. The highest BCUT2D eigenvalue weighted by Crippen LogP contribution is 2.30. The number of benzene rings is 2. The Labute approximate surface area is 157 Å².